The van der Waals surface area contributed by atoms with Gasteiger partial charge in [-0.2, -0.15) is 0 Å². The SMILES string of the molecule is CCc1cn([C@H]2C[C@H](OC(C)=O)[C@@H](COC(C)=O)S2)c(=O)[nH]c1=O. The van der Waals surface area contributed by atoms with Crippen molar-refractivity contribution in [2.75, 3.05) is 6.61 Å². The first kappa shape index (κ1) is 18.3. The van der Waals surface area contributed by atoms with Crippen LogP contribution in [0.2, 0.25) is 0 Å². The van der Waals surface area contributed by atoms with Crippen LogP contribution in [0.4, 0.5) is 0 Å². The largest absolute Gasteiger partial charge is 0.465 e. The number of aromatic amines is 1. The fourth-order valence-electron chi connectivity index (χ4n) is 2.55. The smallest absolute Gasteiger partial charge is 0.329 e. The summed E-state index contributed by atoms with van der Waals surface area (Å²) in [7, 11) is 0. The average molecular weight is 356 g/mol. The highest BCUT2D eigenvalue weighted by Gasteiger charge is 2.39. The third-order valence-electron chi connectivity index (χ3n) is 3.68. The van der Waals surface area contributed by atoms with E-state index in [9.17, 15) is 19.2 Å². The van der Waals surface area contributed by atoms with Gasteiger partial charge in [0.25, 0.3) is 5.56 Å². The van der Waals surface area contributed by atoms with Crippen LogP contribution in [0, 0.1) is 0 Å². The number of ether oxygens (including phenoxy) is 2. The lowest BCUT2D eigenvalue weighted by atomic mass is 10.2. The van der Waals surface area contributed by atoms with Crippen molar-refractivity contribution < 1.29 is 19.1 Å². The number of rotatable bonds is 5. The number of aryl methyl sites for hydroxylation is 1. The van der Waals surface area contributed by atoms with Gasteiger partial charge in [-0.15, -0.1) is 11.8 Å². The second-order valence-electron chi connectivity index (χ2n) is 5.49. The molecule has 1 saturated heterocycles. The molecular formula is C15H20N2O6S. The van der Waals surface area contributed by atoms with E-state index < -0.39 is 29.3 Å². The number of carbonyl (C=O) groups excluding carboxylic acids is 2. The number of hydrogen-bond donors (Lipinski definition) is 1. The van der Waals surface area contributed by atoms with Gasteiger partial charge in [-0.1, -0.05) is 6.92 Å². The Bertz CT molecular complexity index is 740. The number of carbonyl (C=O) groups is 2. The highest BCUT2D eigenvalue weighted by atomic mass is 32.2. The van der Waals surface area contributed by atoms with Crippen LogP contribution in [-0.4, -0.2) is 39.5 Å². The first-order valence-electron chi connectivity index (χ1n) is 7.62. The second kappa shape index (κ2) is 7.69. The molecular weight excluding hydrogens is 336 g/mol. The van der Waals surface area contributed by atoms with Crippen LogP contribution < -0.4 is 11.2 Å². The summed E-state index contributed by atoms with van der Waals surface area (Å²) in [5, 5.41) is -0.587. The van der Waals surface area contributed by atoms with Gasteiger partial charge in [0.2, 0.25) is 0 Å². The van der Waals surface area contributed by atoms with E-state index >= 15 is 0 Å². The van der Waals surface area contributed by atoms with Gasteiger partial charge in [0.15, 0.2) is 0 Å². The quantitative estimate of drug-likeness (QED) is 0.770. The van der Waals surface area contributed by atoms with Crippen LogP contribution in [0.3, 0.4) is 0 Å². The molecule has 2 rings (SSSR count). The summed E-state index contributed by atoms with van der Waals surface area (Å²) in [6.07, 6.45) is 1.96. The van der Waals surface area contributed by atoms with Crippen LogP contribution in [0.1, 0.15) is 38.1 Å². The fourth-order valence-corrected chi connectivity index (χ4v) is 4.03. The summed E-state index contributed by atoms with van der Waals surface area (Å²) in [4.78, 5) is 48.4. The van der Waals surface area contributed by atoms with Gasteiger partial charge < -0.3 is 9.47 Å². The molecule has 1 N–H and O–H groups in total. The minimum atomic E-state index is -0.510. The summed E-state index contributed by atoms with van der Waals surface area (Å²) >= 11 is 1.38. The lowest BCUT2D eigenvalue weighted by Crippen LogP contribution is -2.33. The Morgan fingerprint density at radius 3 is 2.62 bits per heavy atom. The summed E-state index contributed by atoms with van der Waals surface area (Å²) in [5.41, 5.74) is -0.401. The third-order valence-corrected chi connectivity index (χ3v) is 5.20. The molecule has 8 nitrogen and oxygen atoms in total. The molecule has 0 spiro atoms. The molecule has 1 fully saturated rings. The maximum Gasteiger partial charge on any atom is 0.329 e. The minimum absolute atomic E-state index is 0.0905. The molecule has 2 heterocycles. The Labute approximate surface area is 142 Å². The number of nitrogens with zero attached hydrogens (tertiary/aromatic N) is 1. The lowest BCUT2D eigenvalue weighted by molar-refractivity contribution is -0.148. The maximum absolute atomic E-state index is 12.1. The summed E-state index contributed by atoms with van der Waals surface area (Å²) in [6, 6.07) is 0. The van der Waals surface area contributed by atoms with Crippen molar-refractivity contribution in [2.24, 2.45) is 0 Å². The van der Waals surface area contributed by atoms with Crippen LogP contribution >= 0.6 is 11.8 Å². The van der Waals surface area contributed by atoms with Gasteiger partial charge in [-0.25, -0.2) is 4.79 Å². The molecule has 9 heteroatoms. The number of hydrogen-bond acceptors (Lipinski definition) is 7. The van der Waals surface area contributed by atoms with Crippen LogP contribution in [0.25, 0.3) is 0 Å². The molecule has 0 aliphatic carbocycles. The zero-order chi connectivity index (χ0) is 17.9. The van der Waals surface area contributed by atoms with E-state index in [0.717, 1.165) is 0 Å². The summed E-state index contributed by atoms with van der Waals surface area (Å²) in [5.74, 6) is -0.854. The molecule has 0 bridgehead atoms. The number of aromatic nitrogens is 2. The van der Waals surface area contributed by atoms with Gasteiger partial charge in [-0.3, -0.25) is 23.9 Å². The Morgan fingerprint density at radius 2 is 2.04 bits per heavy atom. The van der Waals surface area contributed by atoms with E-state index in [1.807, 2.05) is 6.92 Å². The number of esters is 2. The van der Waals surface area contributed by atoms with Crippen molar-refractivity contribution in [3.63, 3.8) is 0 Å². The Kier molecular flexibility index (Phi) is 5.87. The van der Waals surface area contributed by atoms with E-state index in [-0.39, 0.29) is 17.2 Å². The number of nitrogens with one attached hydrogen (secondary N) is 1. The molecule has 1 aromatic rings. The van der Waals surface area contributed by atoms with E-state index in [0.29, 0.717) is 18.4 Å². The van der Waals surface area contributed by atoms with Gasteiger partial charge >= 0.3 is 17.6 Å². The van der Waals surface area contributed by atoms with Crippen LogP contribution in [0.15, 0.2) is 15.8 Å². The van der Waals surface area contributed by atoms with Crippen molar-refractivity contribution in [1.29, 1.82) is 0 Å². The van der Waals surface area contributed by atoms with E-state index in [2.05, 4.69) is 4.98 Å². The normalized spacial score (nSPS) is 23.0. The molecule has 1 aliphatic heterocycles. The molecule has 24 heavy (non-hydrogen) atoms. The van der Waals surface area contributed by atoms with Crippen molar-refractivity contribution in [2.45, 2.75) is 50.3 Å². The monoisotopic (exact) mass is 356 g/mol. The number of thioether (sulfide) groups is 1. The molecule has 0 saturated carbocycles. The molecule has 0 unspecified atom stereocenters. The first-order chi connectivity index (χ1) is 11.3. The predicted octanol–water partition coefficient (Wildman–Crippen LogP) is 0.598. The Morgan fingerprint density at radius 1 is 1.33 bits per heavy atom. The highest BCUT2D eigenvalue weighted by molar-refractivity contribution is 8.00. The average Bonchev–Trinajstić information content (AvgIpc) is 2.87. The zero-order valence-corrected chi connectivity index (χ0v) is 14.6. The fraction of sp³-hybridized carbons (Fsp3) is 0.600. The molecule has 0 amide bonds. The first-order valence-corrected chi connectivity index (χ1v) is 8.56. The molecule has 0 aromatic carbocycles. The second-order valence-corrected chi connectivity index (χ2v) is 6.91. The zero-order valence-electron chi connectivity index (χ0n) is 13.7. The third kappa shape index (κ3) is 4.28. The maximum atomic E-state index is 12.1. The number of H-pyrrole nitrogens is 1. The van der Waals surface area contributed by atoms with E-state index in [4.69, 9.17) is 9.47 Å². The highest BCUT2D eigenvalue weighted by Crippen LogP contribution is 2.42. The van der Waals surface area contributed by atoms with Crippen molar-refractivity contribution in [3.05, 3.63) is 32.6 Å². The van der Waals surface area contributed by atoms with Crippen molar-refractivity contribution >= 4 is 23.7 Å². The Balaban J connectivity index is 2.25. The lowest BCUT2D eigenvalue weighted by Gasteiger charge is -2.17. The van der Waals surface area contributed by atoms with Crippen molar-refractivity contribution in [3.8, 4) is 0 Å². The summed E-state index contributed by atoms with van der Waals surface area (Å²) < 4.78 is 11.7. The molecule has 1 aliphatic rings. The van der Waals surface area contributed by atoms with Gasteiger partial charge in [0, 0.05) is 32.0 Å². The molecule has 1 aromatic heterocycles. The van der Waals surface area contributed by atoms with Gasteiger partial charge in [0.1, 0.15) is 12.7 Å². The van der Waals surface area contributed by atoms with E-state index in [1.54, 1.807) is 0 Å². The standard InChI is InChI=1S/C15H20N2O6S/c1-4-10-6-17(15(21)16-14(10)20)13-5-11(23-9(3)19)12(24-13)7-22-8(2)18/h6,11-13H,4-5,7H2,1-3H3,(H,16,20,21)/t11-,12+,13+/m0/s1. The minimum Gasteiger partial charge on any atom is -0.465 e. The summed E-state index contributed by atoms with van der Waals surface area (Å²) in [6.45, 7) is 4.53. The van der Waals surface area contributed by atoms with Gasteiger partial charge in [0.05, 0.1) is 10.6 Å². The molecule has 132 valence electrons. The topological polar surface area (TPSA) is 107 Å². The molecule has 0 radical (unpaired) electrons. The van der Waals surface area contributed by atoms with Crippen LogP contribution in [-0.2, 0) is 25.5 Å². The van der Waals surface area contributed by atoms with Crippen molar-refractivity contribution in [1.82, 2.24) is 9.55 Å². The van der Waals surface area contributed by atoms with Gasteiger partial charge in [-0.05, 0) is 6.42 Å². The Hall–Kier alpha value is -2.03. The van der Waals surface area contributed by atoms with Crippen LogP contribution in [0.5, 0.6) is 0 Å². The van der Waals surface area contributed by atoms with E-state index in [1.165, 1.54) is 36.4 Å². The predicted molar refractivity (Wildman–Crippen MR) is 87.9 cm³/mol. The molecule has 3 atom stereocenters.